The maximum Gasteiger partial charge on any atom is 0.244 e. The van der Waals surface area contributed by atoms with E-state index in [0.29, 0.717) is 5.82 Å². The van der Waals surface area contributed by atoms with Crippen molar-refractivity contribution in [1.82, 2.24) is 14.9 Å². The van der Waals surface area contributed by atoms with E-state index in [4.69, 9.17) is 10.3 Å². The van der Waals surface area contributed by atoms with E-state index in [-0.39, 0.29) is 23.2 Å². The maximum absolute atomic E-state index is 12.3. The van der Waals surface area contributed by atoms with E-state index in [2.05, 4.69) is 14.9 Å². The number of nitrogens with one attached hydrogen (secondary N) is 1. The highest BCUT2D eigenvalue weighted by Gasteiger charge is 2.39. The molecule has 0 bridgehead atoms. The van der Waals surface area contributed by atoms with Crippen LogP contribution in [-0.4, -0.2) is 18.6 Å². The van der Waals surface area contributed by atoms with Crippen LogP contribution in [0.15, 0.2) is 39.8 Å². The van der Waals surface area contributed by atoms with Crippen LogP contribution in [0, 0.1) is 0 Å². The standard InChI is InChI=1S/C14H18N4O3S.ClH/c1-10(18-22(19,20)11-6-3-2-4-7-11)12-16-13(17-21-12)14(15)8-5-9-14;/h2-4,6-7,10,18H,5,8-9,15H2,1H3;1H. The average Bonchev–Trinajstić information content (AvgIpc) is 2.95. The first-order valence-electron chi connectivity index (χ1n) is 7.11. The fraction of sp³-hybridized carbons (Fsp3) is 0.429. The summed E-state index contributed by atoms with van der Waals surface area (Å²) in [5.41, 5.74) is 5.60. The van der Waals surface area contributed by atoms with Crippen LogP contribution >= 0.6 is 12.4 Å². The lowest BCUT2D eigenvalue weighted by Gasteiger charge is -2.34. The van der Waals surface area contributed by atoms with E-state index in [1.165, 1.54) is 12.1 Å². The Morgan fingerprint density at radius 1 is 1.30 bits per heavy atom. The highest BCUT2D eigenvalue weighted by Crippen LogP contribution is 2.37. The molecule has 1 saturated carbocycles. The van der Waals surface area contributed by atoms with E-state index in [1.807, 2.05) is 0 Å². The molecule has 0 spiro atoms. The summed E-state index contributed by atoms with van der Waals surface area (Å²) in [4.78, 5) is 4.44. The molecule has 0 saturated heterocycles. The summed E-state index contributed by atoms with van der Waals surface area (Å²) in [6.07, 6.45) is 2.67. The number of halogens is 1. The van der Waals surface area contributed by atoms with Crippen LogP contribution in [0.3, 0.4) is 0 Å². The summed E-state index contributed by atoms with van der Waals surface area (Å²) in [7, 11) is -3.63. The fourth-order valence-electron chi connectivity index (χ4n) is 2.35. The molecule has 3 rings (SSSR count). The number of sulfonamides is 1. The van der Waals surface area contributed by atoms with E-state index in [1.54, 1.807) is 25.1 Å². The van der Waals surface area contributed by atoms with Gasteiger partial charge in [0.25, 0.3) is 0 Å². The lowest BCUT2D eigenvalue weighted by Crippen LogP contribution is -2.44. The molecule has 126 valence electrons. The normalized spacial score (nSPS) is 17.8. The Bertz CT molecular complexity index is 759. The first-order chi connectivity index (χ1) is 10.4. The van der Waals surface area contributed by atoms with Gasteiger partial charge in [0.05, 0.1) is 16.5 Å². The predicted octanol–water partition coefficient (Wildman–Crippen LogP) is 1.87. The summed E-state index contributed by atoms with van der Waals surface area (Å²) in [6.45, 7) is 1.65. The number of nitrogens with two attached hydrogens (primary N) is 1. The van der Waals surface area contributed by atoms with Gasteiger partial charge in [-0.05, 0) is 38.3 Å². The van der Waals surface area contributed by atoms with Gasteiger partial charge in [-0.15, -0.1) is 12.4 Å². The van der Waals surface area contributed by atoms with Gasteiger partial charge in [-0.2, -0.15) is 9.71 Å². The molecular weight excluding hydrogens is 340 g/mol. The van der Waals surface area contributed by atoms with Crippen molar-refractivity contribution in [2.75, 3.05) is 0 Å². The molecule has 1 fully saturated rings. The molecule has 0 aliphatic heterocycles. The second-order valence-electron chi connectivity index (χ2n) is 5.62. The Kier molecular flexibility index (Phi) is 5.10. The Hall–Kier alpha value is -1.48. The quantitative estimate of drug-likeness (QED) is 0.843. The molecule has 1 aliphatic rings. The lowest BCUT2D eigenvalue weighted by atomic mass is 9.77. The Morgan fingerprint density at radius 3 is 2.52 bits per heavy atom. The molecule has 1 unspecified atom stereocenters. The Balaban J connectivity index is 0.00000192. The lowest BCUT2D eigenvalue weighted by molar-refractivity contribution is 0.228. The van der Waals surface area contributed by atoms with Gasteiger partial charge in [0.15, 0.2) is 5.82 Å². The number of nitrogens with zero attached hydrogens (tertiary/aromatic N) is 2. The first kappa shape index (κ1) is 17.9. The van der Waals surface area contributed by atoms with E-state index in [0.717, 1.165) is 19.3 Å². The van der Waals surface area contributed by atoms with Crippen LogP contribution in [0.1, 0.15) is 43.9 Å². The van der Waals surface area contributed by atoms with Crippen molar-refractivity contribution in [2.24, 2.45) is 5.73 Å². The molecule has 23 heavy (non-hydrogen) atoms. The van der Waals surface area contributed by atoms with Gasteiger partial charge in [-0.3, -0.25) is 0 Å². The van der Waals surface area contributed by atoms with E-state index in [9.17, 15) is 8.42 Å². The van der Waals surface area contributed by atoms with Crippen LogP contribution in [0.2, 0.25) is 0 Å². The summed E-state index contributed by atoms with van der Waals surface area (Å²) in [5, 5.41) is 3.89. The van der Waals surface area contributed by atoms with Gasteiger partial charge in [0.1, 0.15) is 0 Å². The third kappa shape index (κ3) is 3.55. The van der Waals surface area contributed by atoms with Crippen LogP contribution in [0.25, 0.3) is 0 Å². The zero-order valence-electron chi connectivity index (χ0n) is 12.6. The van der Waals surface area contributed by atoms with Gasteiger partial charge in [-0.25, -0.2) is 8.42 Å². The van der Waals surface area contributed by atoms with E-state index < -0.39 is 21.6 Å². The second-order valence-corrected chi connectivity index (χ2v) is 7.34. The second kappa shape index (κ2) is 6.56. The highest BCUT2D eigenvalue weighted by molar-refractivity contribution is 7.89. The van der Waals surface area contributed by atoms with Gasteiger partial charge in [0, 0.05) is 0 Å². The van der Waals surface area contributed by atoms with Crippen LogP contribution in [0.5, 0.6) is 0 Å². The van der Waals surface area contributed by atoms with Crippen molar-refractivity contribution < 1.29 is 12.9 Å². The fourth-order valence-corrected chi connectivity index (χ4v) is 3.56. The minimum atomic E-state index is -3.63. The molecule has 0 amide bonds. The largest absolute Gasteiger partial charge is 0.338 e. The monoisotopic (exact) mass is 358 g/mol. The van der Waals surface area contributed by atoms with Gasteiger partial charge < -0.3 is 10.3 Å². The SMILES string of the molecule is CC(NS(=O)(=O)c1ccccc1)c1nc(C2(N)CCC2)no1.Cl. The van der Waals surface area contributed by atoms with Crippen molar-refractivity contribution >= 4 is 22.4 Å². The van der Waals surface area contributed by atoms with Crippen molar-refractivity contribution in [2.45, 2.75) is 42.7 Å². The third-order valence-electron chi connectivity index (χ3n) is 3.89. The summed E-state index contributed by atoms with van der Waals surface area (Å²) in [6, 6.07) is 7.51. The van der Waals surface area contributed by atoms with Crippen molar-refractivity contribution in [3.8, 4) is 0 Å². The average molecular weight is 359 g/mol. The zero-order valence-corrected chi connectivity index (χ0v) is 14.2. The number of aromatic nitrogens is 2. The van der Waals surface area contributed by atoms with Crippen molar-refractivity contribution in [3.05, 3.63) is 42.0 Å². The van der Waals surface area contributed by atoms with Crippen LogP contribution in [0.4, 0.5) is 0 Å². The topological polar surface area (TPSA) is 111 Å². The molecular formula is C14H19ClN4O3S. The molecule has 0 radical (unpaired) electrons. The number of hydrogen-bond acceptors (Lipinski definition) is 6. The predicted molar refractivity (Wildman–Crippen MR) is 86.4 cm³/mol. The smallest absolute Gasteiger partial charge is 0.244 e. The van der Waals surface area contributed by atoms with Crippen molar-refractivity contribution in [3.63, 3.8) is 0 Å². The van der Waals surface area contributed by atoms with E-state index >= 15 is 0 Å². The molecule has 1 aliphatic carbocycles. The van der Waals surface area contributed by atoms with Crippen LogP contribution in [-0.2, 0) is 15.6 Å². The van der Waals surface area contributed by atoms with Crippen LogP contribution < -0.4 is 10.5 Å². The Morgan fingerprint density at radius 2 is 1.96 bits per heavy atom. The minimum absolute atomic E-state index is 0. The molecule has 9 heteroatoms. The maximum atomic E-state index is 12.3. The van der Waals surface area contributed by atoms with Gasteiger partial charge in [0.2, 0.25) is 15.9 Å². The molecule has 1 aromatic heterocycles. The summed E-state index contributed by atoms with van der Waals surface area (Å²) in [5.74, 6) is 0.658. The number of rotatable bonds is 5. The number of benzene rings is 1. The Labute approximate surface area is 141 Å². The molecule has 1 atom stereocenters. The van der Waals surface area contributed by atoms with Gasteiger partial charge in [-0.1, -0.05) is 23.4 Å². The number of hydrogen-bond donors (Lipinski definition) is 2. The highest BCUT2D eigenvalue weighted by atomic mass is 35.5. The molecule has 7 nitrogen and oxygen atoms in total. The van der Waals surface area contributed by atoms with Crippen molar-refractivity contribution in [1.29, 1.82) is 0 Å². The molecule has 2 aromatic rings. The third-order valence-corrected chi connectivity index (χ3v) is 5.45. The summed E-state index contributed by atoms with van der Waals surface area (Å²) >= 11 is 0. The molecule has 3 N–H and O–H groups in total. The summed E-state index contributed by atoms with van der Waals surface area (Å²) < 4.78 is 32.2. The van der Waals surface area contributed by atoms with Gasteiger partial charge >= 0.3 is 0 Å². The molecule has 1 heterocycles. The minimum Gasteiger partial charge on any atom is -0.338 e. The first-order valence-corrected chi connectivity index (χ1v) is 8.59. The zero-order chi connectivity index (χ0) is 15.8. The molecule has 1 aromatic carbocycles.